The molecule has 0 saturated heterocycles. The molecular weight excluding hydrogens is 1300 g/mol. The van der Waals surface area contributed by atoms with E-state index >= 15 is 0 Å². The molecule has 17 rings (SSSR count). The lowest BCUT2D eigenvalue weighted by Crippen LogP contribution is -2.20. The van der Waals surface area contributed by atoms with Crippen molar-refractivity contribution in [2.75, 3.05) is 0 Å². The lowest BCUT2D eigenvalue weighted by molar-refractivity contribution is 0.634. The summed E-state index contributed by atoms with van der Waals surface area (Å²) in [5.41, 5.74) is 41.4. The van der Waals surface area contributed by atoms with Crippen molar-refractivity contribution in [1.29, 1.82) is 0 Å². The summed E-state index contributed by atoms with van der Waals surface area (Å²) in [6.07, 6.45) is 13.2. The molecule has 13 aromatic rings. The van der Waals surface area contributed by atoms with E-state index in [1.54, 1.807) is 0 Å². The molecule has 4 aliphatic heterocycles. The molecule has 0 radical (unpaired) electrons. The number of fused-ring (bicyclic) bond motifs is 15. The highest BCUT2D eigenvalue weighted by Gasteiger charge is 2.30. The highest BCUT2D eigenvalue weighted by atomic mass is 32.1. The summed E-state index contributed by atoms with van der Waals surface area (Å²) in [6.45, 7) is 28.8. The fourth-order valence-electron chi connectivity index (χ4n) is 16.5. The Hall–Kier alpha value is -12.2. The third kappa shape index (κ3) is 12.0. The van der Waals surface area contributed by atoms with E-state index in [1.165, 1.54) is 76.5 Å². The molecule has 510 valence electrons. The zero-order valence-corrected chi connectivity index (χ0v) is 62.5. The predicted octanol–water partition coefficient (Wildman–Crippen LogP) is 22.4. The number of allylic oxidation sites excluding steroid dienone is 2. The Morgan fingerprint density at radius 3 is 1.19 bits per heavy atom. The van der Waals surface area contributed by atoms with Crippen molar-refractivity contribution in [3.8, 4) is 56.3 Å². The number of aliphatic imine (C=N–C) groups is 1. The van der Waals surface area contributed by atoms with E-state index in [0.717, 1.165) is 162 Å². The van der Waals surface area contributed by atoms with Gasteiger partial charge in [-0.3, -0.25) is 0 Å². The fraction of sp³-hybridized carbons (Fsp3) is 0.144. The summed E-state index contributed by atoms with van der Waals surface area (Å²) in [5, 5.41) is 1.97. The molecule has 105 heavy (non-hydrogen) atoms. The Morgan fingerprint density at radius 1 is 0.324 bits per heavy atom. The van der Waals surface area contributed by atoms with Crippen molar-refractivity contribution < 1.29 is 0 Å². The Labute approximate surface area is 618 Å². The minimum Gasteiger partial charge on any atom is -0.358 e. The zero-order valence-electron chi connectivity index (χ0n) is 61.7. The van der Waals surface area contributed by atoms with Gasteiger partial charge in [-0.2, -0.15) is 0 Å². The summed E-state index contributed by atoms with van der Waals surface area (Å²) in [7, 11) is 0. The molecule has 0 unspecified atom stereocenters. The summed E-state index contributed by atoms with van der Waals surface area (Å²) in [5.74, 6) is 7.11. The summed E-state index contributed by atoms with van der Waals surface area (Å²) in [4.78, 5) is 35.4. The van der Waals surface area contributed by atoms with Crippen molar-refractivity contribution in [1.82, 2.24) is 29.9 Å². The van der Waals surface area contributed by atoms with Crippen molar-refractivity contribution >= 4 is 80.1 Å². The highest BCUT2D eigenvalue weighted by molar-refractivity contribution is 7.13. The van der Waals surface area contributed by atoms with Gasteiger partial charge in [0.05, 0.1) is 34.2 Å². The number of benzene rings is 7. The van der Waals surface area contributed by atoms with Gasteiger partial charge in [-0.1, -0.05) is 149 Å². The van der Waals surface area contributed by atoms with E-state index in [4.69, 9.17) is 15.0 Å². The van der Waals surface area contributed by atoms with Crippen LogP contribution in [-0.2, 0) is 5.41 Å². The monoisotopic (exact) mass is 1380 g/mol. The van der Waals surface area contributed by atoms with Crippen LogP contribution in [-0.4, -0.2) is 35.6 Å². The van der Waals surface area contributed by atoms with Crippen LogP contribution in [0.15, 0.2) is 217 Å². The van der Waals surface area contributed by atoms with Crippen LogP contribution < -0.4 is 10.7 Å². The topological polar surface area (TPSA) is 101 Å². The molecule has 4 N–H and O–H groups in total. The molecule has 0 spiro atoms. The average molecular weight is 1380 g/mol. The SMILES string of the molecule is Cc1ccc(/C2=C3\C=CC(=N3)/C(c3ccc(C)cc3)=c3/cc/c([nH]3)=C(\c3ccc(C#Cc4ccc(-c5c6nc(c(-c7c(C)cc(C)cc7C)c7ccc([nH]7)c(-c7c(C)cc(C)cc7C)c7nc(c(-c8c(C)cc(C)cc8C)c8ccc5[nH]8)C=C7)C=C6)cc4)cc3)c3ccc([nH]3)C(C)(C)c3ccc2s3)cc1. The summed E-state index contributed by atoms with van der Waals surface area (Å²) < 4.78 is 0. The van der Waals surface area contributed by atoms with Crippen LogP contribution in [0.4, 0.5) is 0 Å². The van der Waals surface area contributed by atoms with Gasteiger partial charge in [-0.25, -0.2) is 15.0 Å². The number of aromatic nitrogens is 6. The van der Waals surface area contributed by atoms with Crippen LogP contribution in [0.2, 0.25) is 0 Å². The number of H-pyrrole nitrogens is 4. The molecule has 0 saturated carbocycles. The van der Waals surface area contributed by atoms with E-state index in [1.807, 2.05) is 11.3 Å². The van der Waals surface area contributed by atoms with Crippen LogP contribution in [0.25, 0.3) is 108 Å². The van der Waals surface area contributed by atoms with Gasteiger partial charge < -0.3 is 19.9 Å². The van der Waals surface area contributed by atoms with E-state index in [9.17, 15) is 0 Å². The third-order valence-corrected chi connectivity index (χ3v) is 22.8. The summed E-state index contributed by atoms with van der Waals surface area (Å²) in [6, 6.07) is 71.1. The molecule has 10 heterocycles. The molecule has 0 amide bonds. The molecule has 0 aliphatic carbocycles. The van der Waals surface area contributed by atoms with E-state index in [0.29, 0.717) is 0 Å². The maximum absolute atomic E-state index is 5.72. The van der Waals surface area contributed by atoms with E-state index in [2.05, 4.69) is 352 Å². The van der Waals surface area contributed by atoms with Crippen LogP contribution in [0.3, 0.4) is 0 Å². The Morgan fingerprint density at radius 2 is 0.724 bits per heavy atom. The second-order valence-electron chi connectivity index (χ2n) is 29.7. The van der Waals surface area contributed by atoms with Gasteiger partial charge in [0.25, 0.3) is 0 Å². The Balaban J connectivity index is 0.800. The van der Waals surface area contributed by atoms with Gasteiger partial charge in [0.15, 0.2) is 0 Å². The minimum absolute atomic E-state index is 0.337. The van der Waals surface area contributed by atoms with Crippen LogP contribution >= 0.6 is 11.3 Å². The Kier molecular flexibility index (Phi) is 16.4. The number of hydrogen-bond donors (Lipinski definition) is 4. The quantitative estimate of drug-likeness (QED) is 0.120. The molecule has 4 aliphatic rings. The van der Waals surface area contributed by atoms with Gasteiger partial charge in [0.1, 0.15) is 0 Å². The van der Waals surface area contributed by atoms with Crippen LogP contribution in [0, 0.1) is 88.0 Å². The lowest BCUT2D eigenvalue weighted by Gasteiger charge is -2.22. The largest absolute Gasteiger partial charge is 0.358 e. The normalized spacial score (nSPS) is 15.3. The first-order valence-corrected chi connectivity index (χ1v) is 37.1. The van der Waals surface area contributed by atoms with Gasteiger partial charge in [0, 0.05) is 109 Å². The fourth-order valence-corrected chi connectivity index (χ4v) is 17.7. The van der Waals surface area contributed by atoms with E-state index in [-0.39, 0.29) is 5.41 Å². The number of thiophene rings is 1. The maximum Gasteiger partial charge on any atom is 0.0737 e. The highest BCUT2D eigenvalue weighted by Crippen LogP contribution is 2.45. The van der Waals surface area contributed by atoms with Crippen molar-refractivity contribution in [3.63, 3.8) is 0 Å². The number of aryl methyl sites for hydroxylation is 11. The van der Waals surface area contributed by atoms with Crippen LogP contribution in [0.5, 0.6) is 0 Å². The average Bonchev–Trinajstić information content (AvgIpc) is 1.61. The minimum atomic E-state index is -0.337. The van der Waals surface area contributed by atoms with E-state index < -0.39 is 0 Å². The number of nitrogens with zero attached hydrogens (tertiary/aromatic N) is 3. The third-order valence-electron chi connectivity index (χ3n) is 21.4. The summed E-state index contributed by atoms with van der Waals surface area (Å²) >= 11 is 1.84. The molecule has 7 nitrogen and oxygen atoms in total. The van der Waals surface area contributed by atoms with Gasteiger partial charge in [0.2, 0.25) is 0 Å². The number of hydrogen-bond acceptors (Lipinski definition) is 4. The second kappa shape index (κ2) is 26.0. The smallest absolute Gasteiger partial charge is 0.0737 e. The van der Waals surface area contributed by atoms with Crippen LogP contribution in [0.1, 0.15) is 147 Å². The number of aromatic amines is 4. The Bertz CT molecular complexity index is 6250. The molecule has 16 bridgehead atoms. The first kappa shape index (κ1) is 66.1. The van der Waals surface area contributed by atoms with Crippen molar-refractivity contribution in [3.05, 3.63) is 356 Å². The molecule has 0 fully saturated rings. The molecule has 0 atom stereocenters. The number of nitrogens with one attached hydrogen (secondary N) is 4. The van der Waals surface area contributed by atoms with Gasteiger partial charge >= 0.3 is 0 Å². The molecule has 8 heteroatoms. The zero-order chi connectivity index (χ0) is 72.3. The predicted molar refractivity (Wildman–Crippen MR) is 442 cm³/mol. The van der Waals surface area contributed by atoms with Gasteiger partial charge in [-0.05, 0) is 284 Å². The molecule has 6 aromatic heterocycles. The van der Waals surface area contributed by atoms with Crippen molar-refractivity contribution in [2.45, 2.75) is 95.4 Å². The van der Waals surface area contributed by atoms with Crippen molar-refractivity contribution in [2.24, 2.45) is 4.99 Å². The molecular formula is C97H81N7S. The number of rotatable bonds is 7. The lowest BCUT2D eigenvalue weighted by atomic mass is 9.88. The maximum atomic E-state index is 5.72. The first-order valence-electron chi connectivity index (χ1n) is 36.3. The second-order valence-corrected chi connectivity index (χ2v) is 30.7. The standard InChI is InChI=1S/C97H81N7S/c1-54-14-24-67(25-15-54)90-71-32-33-75(98-71)92(76-44-46-85(104-76)97(12,13)86-47-45-84(105-86)93(77-37-34-72(90)99-77)70-26-16-55(2)17-27-70)69-30-22-66(23-31-69)19-18-65-20-28-68(29-21-65)91-73-35-38-78(100-73)94(87-59(6)48-56(3)49-60(87)7)80-40-42-82(102-80)96(89-63(10)52-58(5)53-64(89)11)83-43-41-81(103-83)95(79-39-36-74(91)101-79)88-61(8)50-57(4)51-62(88)9/h14-17,20-53,98,100,103-104H,1-13H3/b90-71-,91-73?,91-74?,92-75-,93-77-,94-78?,94-80?,95-79?,95-81?,96-82?,96-83?. The first-order chi connectivity index (χ1) is 50.7. The van der Waals surface area contributed by atoms with Gasteiger partial charge in [-0.15, -0.1) is 11.3 Å². The molecule has 7 aromatic carbocycles.